The number of nitrogens with zero attached hydrogens (tertiary/aromatic N) is 2. The molecule has 2 heterocycles. The lowest BCUT2D eigenvalue weighted by Crippen LogP contribution is -2.22. The molecular weight excluding hydrogens is 266 g/mol. The molecule has 0 saturated heterocycles. The van der Waals surface area contributed by atoms with Gasteiger partial charge in [0.2, 0.25) is 0 Å². The van der Waals surface area contributed by atoms with Gasteiger partial charge in [0.25, 0.3) is 5.91 Å². The van der Waals surface area contributed by atoms with E-state index < -0.39 is 5.97 Å². The van der Waals surface area contributed by atoms with E-state index in [1.807, 2.05) is 6.92 Å². The largest absolute Gasteiger partial charge is 0.478 e. The third kappa shape index (κ3) is 3.35. The van der Waals surface area contributed by atoms with Crippen LogP contribution in [0.3, 0.4) is 0 Å². The summed E-state index contributed by atoms with van der Waals surface area (Å²) in [6.07, 6.45) is 2.91. The molecular formula is C12H11N3O3S. The van der Waals surface area contributed by atoms with Crippen LogP contribution >= 0.6 is 11.3 Å². The van der Waals surface area contributed by atoms with Crippen LogP contribution < -0.4 is 5.32 Å². The van der Waals surface area contributed by atoms with E-state index in [1.54, 1.807) is 0 Å². The van der Waals surface area contributed by atoms with Crippen LogP contribution in [0.4, 0.5) is 0 Å². The van der Waals surface area contributed by atoms with Gasteiger partial charge in [-0.3, -0.25) is 9.78 Å². The van der Waals surface area contributed by atoms with E-state index in [9.17, 15) is 9.59 Å². The molecule has 1 amide bonds. The highest BCUT2D eigenvalue weighted by atomic mass is 32.1. The molecule has 0 aliphatic carbocycles. The zero-order valence-corrected chi connectivity index (χ0v) is 10.9. The van der Waals surface area contributed by atoms with Crippen LogP contribution in [0.15, 0.2) is 24.5 Å². The van der Waals surface area contributed by atoms with Crippen LogP contribution in [0, 0.1) is 6.92 Å². The molecule has 19 heavy (non-hydrogen) atoms. The van der Waals surface area contributed by atoms with Gasteiger partial charge in [0.1, 0.15) is 4.88 Å². The van der Waals surface area contributed by atoms with Crippen LogP contribution in [0.2, 0.25) is 0 Å². The minimum absolute atomic E-state index is 0.146. The first kappa shape index (κ1) is 13.2. The van der Waals surface area contributed by atoms with E-state index in [0.29, 0.717) is 10.6 Å². The summed E-state index contributed by atoms with van der Waals surface area (Å²) in [5.41, 5.74) is 0.641. The number of carboxylic acid groups (broad SMARTS) is 1. The summed E-state index contributed by atoms with van der Waals surface area (Å²) in [5.74, 6) is -1.26. The Balaban J connectivity index is 2.01. The Bertz CT molecular complexity index is 624. The average molecular weight is 277 g/mol. The molecule has 0 unspecified atom stereocenters. The van der Waals surface area contributed by atoms with E-state index in [0.717, 1.165) is 5.01 Å². The van der Waals surface area contributed by atoms with Gasteiger partial charge < -0.3 is 10.4 Å². The Hall–Kier alpha value is -2.28. The smallest absolute Gasteiger partial charge is 0.335 e. The second kappa shape index (κ2) is 5.57. The van der Waals surface area contributed by atoms with Gasteiger partial charge in [-0.25, -0.2) is 9.78 Å². The highest BCUT2D eigenvalue weighted by molar-refractivity contribution is 7.13. The van der Waals surface area contributed by atoms with E-state index in [1.165, 1.54) is 35.9 Å². The molecule has 0 aliphatic heterocycles. The summed E-state index contributed by atoms with van der Waals surface area (Å²) in [6, 6.07) is 2.83. The molecule has 0 aliphatic rings. The number of carbonyl (C=O) groups excluding carboxylic acids is 1. The van der Waals surface area contributed by atoms with Crippen LogP contribution in [-0.4, -0.2) is 27.0 Å². The zero-order valence-electron chi connectivity index (χ0n) is 10.1. The van der Waals surface area contributed by atoms with Crippen molar-refractivity contribution in [2.75, 3.05) is 0 Å². The first-order chi connectivity index (χ1) is 9.06. The third-order valence-corrected chi connectivity index (χ3v) is 3.25. The number of rotatable bonds is 4. The Labute approximate surface area is 113 Å². The number of aryl methyl sites for hydroxylation is 1. The molecule has 0 atom stereocenters. The third-order valence-electron chi connectivity index (χ3n) is 2.34. The van der Waals surface area contributed by atoms with Crippen molar-refractivity contribution in [1.82, 2.24) is 15.3 Å². The van der Waals surface area contributed by atoms with Crippen LogP contribution in [0.1, 0.15) is 30.7 Å². The Morgan fingerprint density at radius 3 is 2.84 bits per heavy atom. The van der Waals surface area contributed by atoms with E-state index in [-0.39, 0.29) is 18.0 Å². The maximum absolute atomic E-state index is 11.8. The normalized spacial score (nSPS) is 10.2. The number of nitrogens with one attached hydrogen (secondary N) is 1. The summed E-state index contributed by atoms with van der Waals surface area (Å²) >= 11 is 1.30. The van der Waals surface area contributed by atoms with Gasteiger partial charge in [-0.15, -0.1) is 11.3 Å². The van der Waals surface area contributed by atoms with Gasteiger partial charge in [-0.2, -0.15) is 0 Å². The summed E-state index contributed by atoms with van der Waals surface area (Å²) in [5, 5.41) is 12.3. The van der Waals surface area contributed by atoms with Crippen molar-refractivity contribution >= 4 is 23.2 Å². The van der Waals surface area contributed by atoms with Gasteiger partial charge in [0.05, 0.1) is 29.0 Å². The van der Waals surface area contributed by atoms with Crippen molar-refractivity contribution in [1.29, 1.82) is 0 Å². The number of carboxylic acids is 1. The first-order valence-corrected chi connectivity index (χ1v) is 6.27. The predicted octanol–water partition coefficient (Wildman–Crippen LogP) is 1.47. The number of thiazole rings is 1. The van der Waals surface area contributed by atoms with Crippen molar-refractivity contribution in [3.63, 3.8) is 0 Å². The van der Waals surface area contributed by atoms with Crippen LogP contribution in [0.5, 0.6) is 0 Å². The lowest BCUT2D eigenvalue weighted by atomic mass is 10.2. The number of hydrogen-bond donors (Lipinski definition) is 2. The Morgan fingerprint density at radius 2 is 2.21 bits per heavy atom. The second-order valence-corrected chi connectivity index (χ2v) is 5.00. The summed E-state index contributed by atoms with van der Waals surface area (Å²) in [6.45, 7) is 2.00. The topological polar surface area (TPSA) is 92.2 Å². The number of hydrogen-bond acceptors (Lipinski definition) is 5. The summed E-state index contributed by atoms with van der Waals surface area (Å²) in [4.78, 5) is 31.1. The molecule has 0 radical (unpaired) electrons. The van der Waals surface area contributed by atoms with Gasteiger partial charge >= 0.3 is 5.97 Å². The van der Waals surface area contributed by atoms with Crippen molar-refractivity contribution in [2.24, 2.45) is 0 Å². The average Bonchev–Trinajstić information content (AvgIpc) is 2.83. The zero-order chi connectivity index (χ0) is 13.8. The molecule has 2 N–H and O–H groups in total. The van der Waals surface area contributed by atoms with E-state index in [4.69, 9.17) is 5.11 Å². The number of carbonyl (C=O) groups is 2. The van der Waals surface area contributed by atoms with Crippen molar-refractivity contribution in [2.45, 2.75) is 13.5 Å². The molecule has 2 aromatic rings. The standard InChI is InChI=1S/C12H11N3O3S/c1-7-14-6-10(19-7)11(16)15-5-9-4-8(12(17)18)2-3-13-9/h2-4,6H,5H2,1H3,(H,15,16)(H,17,18). The quantitative estimate of drug-likeness (QED) is 0.883. The van der Waals surface area contributed by atoms with Gasteiger partial charge in [-0.05, 0) is 19.1 Å². The lowest BCUT2D eigenvalue weighted by molar-refractivity contribution is 0.0696. The molecule has 6 nitrogen and oxygen atoms in total. The van der Waals surface area contributed by atoms with Gasteiger partial charge in [0, 0.05) is 6.20 Å². The Kier molecular flexibility index (Phi) is 3.86. The SMILES string of the molecule is Cc1ncc(C(=O)NCc2cc(C(=O)O)ccn2)s1. The molecule has 2 aromatic heterocycles. The monoisotopic (exact) mass is 277 g/mol. The first-order valence-electron chi connectivity index (χ1n) is 5.45. The number of aromatic nitrogens is 2. The molecule has 0 aromatic carbocycles. The molecule has 0 spiro atoms. The van der Waals surface area contributed by atoms with Crippen molar-refractivity contribution < 1.29 is 14.7 Å². The van der Waals surface area contributed by atoms with Crippen molar-refractivity contribution in [3.8, 4) is 0 Å². The van der Waals surface area contributed by atoms with Gasteiger partial charge in [-0.1, -0.05) is 0 Å². The molecule has 0 bridgehead atoms. The molecule has 0 saturated carbocycles. The number of pyridine rings is 1. The minimum Gasteiger partial charge on any atom is -0.478 e. The number of aromatic carboxylic acids is 1. The van der Waals surface area contributed by atoms with E-state index >= 15 is 0 Å². The fourth-order valence-electron chi connectivity index (χ4n) is 1.43. The highest BCUT2D eigenvalue weighted by Crippen LogP contribution is 2.11. The maximum atomic E-state index is 11.8. The molecule has 2 rings (SSSR count). The number of amides is 1. The lowest BCUT2D eigenvalue weighted by Gasteiger charge is -2.03. The van der Waals surface area contributed by atoms with E-state index in [2.05, 4.69) is 15.3 Å². The minimum atomic E-state index is -1.02. The summed E-state index contributed by atoms with van der Waals surface area (Å²) in [7, 11) is 0. The maximum Gasteiger partial charge on any atom is 0.335 e. The van der Waals surface area contributed by atoms with Crippen LogP contribution in [0.25, 0.3) is 0 Å². The van der Waals surface area contributed by atoms with Crippen molar-refractivity contribution in [3.05, 3.63) is 45.7 Å². The predicted molar refractivity (Wildman–Crippen MR) is 69.2 cm³/mol. The molecule has 0 fully saturated rings. The fraction of sp³-hybridized carbons (Fsp3) is 0.167. The van der Waals surface area contributed by atoms with Gasteiger partial charge in [0.15, 0.2) is 0 Å². The summed E-state index contributed by atoms with van der Waals surface area (Å²) < 4.78 is 0. The van der Waals surface area contributed by atoms with Crippen LogP contribution in [-0.2, 0) is 6.54 Å². The molecule has 7 heteroatoms. The molecule has 98 valence electrons. The fourth-order valence-corrected chi connectivity index (χ4v) is 2.13. The Morgan fingerprint density at radius 1 is 1.42 bits per heavy atom. The second-order valence-electron chi connectivity index (χ2n) is 3.77. The highest BCUT2D eigenvalue weighted by Gasteiger charge is 2.09.